The highest BCUT2D eigenvalue weighted by atomic mass is 15.2. The SMILES string of the molecule is CCN1CCC(N(C)CCC2CCCCN2)CC1. The van der Waals surface area contributed by atoms with E-state index in [1.165, 1.54) is 71.2 Å². The van der Waals surface area contributed by atoms with Gasteiger partial charge in [-0.15, -0.1) is 0 Å². The van der Waals surface area contributed by atoms with Gasteiger partial charge >= 0.3 is 0 Å². The molecule has 0 aliphatic carbocycles. The molecule has 2 heterocycles. The van der Waals surface area contributed by atoms with Crippen LogP contribution in [0.1, 0.15) is 45.4 Å². The van der Waals surface area contributed by atoms with E-state index in [4.69, 9.17) is 0 Å². The zero-order valence-corrected chi connectivity index (χ0v) is 12.3. The van der Waals surface area contributed by atoms with E-state index in [9.17, 15) is 0 Å². The average molecular weight is 253 g/mol. The normalized spacial score (nSPS) is 27.8. The second-order valence-corrected chi connectivity index (χ2v) is 6.08. The first-order valence-corrected chi connectivity index (χ1v) is 7.95. The van der Waals surface area contributed by atoms with Crippen LogP contribution in [0.15, 0.2) is 0 Å². The van der Waals surface area contributed by atoms with Gasteiger partial charge in [0.2, 0.25) is 0 Å². The minimum absolute atomic E-state index is 0.789. The summed E-state index contributed by atoms with van der Waals surface area (Å²) in [5.74, 6) is 0. The van der Waals surface area contributed by atoms with E-state index in [-0.39, 0.29) is 0 Å². The van der Waals surface area contributed by atoms with Crippen LogP contribution in [0.3, 0.4) is 0 Å². The lowest BCUT2D eigenvalue weighted by atomic mass is 10.00. The Morgan fingerprint density at radius 3 is 2.56 bits per heavy atom. The molecule has 0 spiro atoms. The van der Waals surface area contributed by atoms with Crippen LogP contribution in [0.25, 0.3) is 0 Å². The molecule has 0 radical (unpaired) electrons. The fourth-order valence-electron chi connectivity index (χ4n) is 3.39. The first-order valence-electron chi connectivity index (χ1n) is 7.95. The second kappa shape index (κ2) is 7.46. The summed E-state index contributed by atoms with van der Waals surface area (Å²) < 4.78 is 0. The van der Waals surface area contributed by atoms with E-state index >= 15 is 0 Å². The molecule has 2 saturated heterocycles. The summed E-state index contributed by atoms with van der Waals surface area (Å²) in [6.45, 7) is 8.61. The quantitative estimate of drug-likeness (QED) is 0.808. The number of nitrogens with zero attached hydrogens (tertiary/aromatic N) is 2. The lowest BCUT2D eigenvalue weighted by molar-refractivity contribution is 0.127. The predicted octanol–water partition coefficient (Wildman–Crippen LogP) is 1.93. The Kier molecular flexibility index (Phi) is 5.93. The molecule has 0 aromatic carbocycles. The Hall–Kier alpha value is -0.120. The predicted molar refractivity (Wildman–Crippen MR) is 78.0 cm³/mol. The first kappa shape index (κ1) is 14.3. The van der Waals surface area contributed by atoms with Crippen molar-refractivity contribution in [3.8, 4) is 0 Å². The molecular formula is C15H31N3. The van der Waals surface area contributed by atoms with Crippen molar-refractivity contribution in [2.24, 2.45) is 0 Å². The summed E-state index contributed by atoms with van der Waals surface area (Å²) in [7, 11) is 2.33. The van der Waals surface area contributed by atoms with E-state index in [1.807, 2.05) is 0 Å². The van der Waals surface area contributed by atoms with Crippen molar-refractivity contribution >= 4 is 0 Å². The molecule has 0 amide bonds. The van der Waals surface area contributed by atoms with E-state index in [0.29, 0.717) is 0 Å². The van der Waals surface area contributed by atoms with Gasteiger partial charge in [-0.3, -0.25) is 0 Å². The van der Waals surface area contributed by atoms with Crippen LogP contribution in [-0.2, 0) is 0 Å². The van der Waals surface area contributed by atoms with Gasteiger partial charge in [-0.2, -0.15) is 0 Å². The molecule has 3 heteroatoms. The molecule has 3 nitrogen and oxygen atoms in total. The minimum atomic E-state index is 0.789. The van der Waals surface area contributed by atoms with Crippen molar-refractivity contribution in [1.82, 2.24) is 15.1 Å². The molecule has 2 aliphatic rings. The summed E-state index contributed by atoms with van der Waals surface area (Å²) in [4.78, 5) is 5.19. The van der Waals surface area contributed by atoms with Crippen molar-refractivity contribution in [2.45, 2.75) is 57.5 Å². The Bertz CT molecular complexity index is 218. The van der Waals surface area contributed by atoms with Crippen molar-refractivity contribution in [2.75, 3.05) is 39.8 Å². The highest BCUT2D eigenvalue weighted by molar-refractivity contribution is 4.79. The van der Waals surface area contributed by atoms with Crippen molar-refractivity contribution in [3.05, 3.63) is 0 Å². The highest BCUT2D eigenvalue weighted by Crippen LogP contribution is 2.17. The van der Waals surface area contributed by atoms with Gasteiger partial charge in [-0.25, -0.2) is 0 Å². The first-order chi connectivity index (χ1) is 8.79. The molecule has 2 aliphatic heterocycles. The van der Waals surface area contributed by atoms with Crippen LogP contribution in [0.5, 0.6) is 0 Å². The van der Waals surface area contributed by atoms with Crippen LogP contribution in [0.4, 0.5) is 0 Å². The molecule has 2 rings (SSSR count). The van der Waals surface area contributed by atoms with E-state index in [0.717, 1.165) is 12.1 Å². The standard InChI is InChI=1S/C15H31N3/c1-3-18-12-8-15(9-13-18)17(2)11-7-14-6-4-5-10-16-14/h14-16H,3-13H2,1-2H3. The Morgan fingerprint density at radius 2 is 1.94 bits per heavy atom. The smallest absolute Gasteiger partial charge is 0.0117 e. The molecule has 0 aromatic rings. The monoisotopic (exact) mass is 253 g/mol. The average Bonchev–Trinajstić information content (AvgIpc) is 2.46. The van der Waals surface area contributed by atoms with Crippen LogP contribution >= 0.6 is 0 Å². The third-order valence-electron chi connectivity index (χ3n) is 4.87. The lowest BCUT2D eigenvalue weighted by Crippen LogP contribution is -2.45. The number of piperidine rings is 2. The molecule has 1 N–H and O–H groups in total. The molecule has 1 unspecified atom stereocenters. The summed E-state index contributed by atoms with van der Waals surface area (Å²) in [5, 5.41) is 3.66. The van der Waals surface area contributed by atoms with Gasteiger partial charge in [-0.1, -0.05) is 13.3 Å². The fraction of sp³-hybridized carbons (Fsp3) is 1.00. The Morgan fingerprint density at radius 1 is 1.17 bits per heavy atom. The number of rotatable bonds is 5. The van der Waals surface area contributed by atoms with Crippen LogP contribution in [0.2, 0.25) is 0 Å². The zero-order chi connectivity index (χ0) is 12.8. The number of hydrogen-bond acceptors (Lipinski definition) is 3. The summed E-state index contributed by atoms with van der Waals surface area (Å²) in [6, 6.07) is 1.62. The summed E-state index contributed by atoms with van der Waals surface area (Å²) >= 11 is 0. The third-order valence-corrected chi connectivity index (χ3v) is 4.87. The number of nitrogens with one attached hydrogen (secondary N) is 1. The summed E-state index contributed by atoms with van der Waals surface area (Å²) in [6.07, 6.45) is 8.26. The van der Waals surface area contributed by atoms with Gasteiger partial charge in [0.05, 0.1) is 0 Å². The fourth-order valence-corrected chi connectivity index (χ4v) is 3.39. The van der Waals surface area contributed by atoms with E-state index in [1.54, 1.807) is 0 Å². The molecule has 18 heavy (non-hydrogen) atoms. The van der Waals surface area contributed by atoms with Crippen molar-refractivity contribution in [1.29, 1.82) is 0 Å². The molecule has 0 aromatic heterocycles. The summed E-state index contributed by atoms with van der Waals surface area (Å²) in [5.41, 5.74) is 0. The maximum Gasteiger partial charge on any atom is 0.0117 e. The Balaban J connectivity index is 1.63. The minimum Gasteiger partial charge on any atom is -0.314 e. The second-order valence-electron chi connectivity index (χ2n) is 6.08. The molecular weight excluding hydrogens is 222 g/mol. The van der Waals surface area contributed by atoms with Crippen LogP contribution in [0, 0.1) is 0 Å². The molecule has 0 saturated carbocycles. The van der Waals surface area contributed by atoms with Gasteiger partial charge in [0.1, 0.15) is 0 Å². The number of likely N-dealkylation sites (tertiary alicyclic amines) is 1. The topological polar surface area (TPSA) is 18.5 Å². The Labute approximate surface area is 113 Å². The van der Waals surface area contributed by atoms with Gasteiger partial charge < -0.3 is 15.1 Å². The molecule has 106 valence electrons. The molecule has 1 atom stereocenters. The number of hydrogen-bond donors (Lipinski definition) is 1. The van der Waals surface area contributed by atoms with E-state index < -0.39 is 0 Å². The molecule has 0 bridgehead atoms. The van der Waals surface area contributed by atoms with Crippen LogP contribution in [-0.4, -0.2) is 61.7 Å². The van der Waals surface area contributed by atoms with Gasteiger partial charge in [0.25, 0.3) is 0 Å². The zero-order valence-electron chi connectivity index (χ0n) is 12.3. The lowest BCUT2D eigenvalue weighted by Gasteiger charge is -2.37. The third kappa shape index (κ3) is 4.22. The maximum atomic E-state index is 3.66. The van der Waals surface area contributed by atoms with Gasteiger partial charge in [0, 0.05) is 12.1 Å². The highest BCUT2D eigenvalue weighted by Gasteiger charge is 2.22. The van der Waals surface area contributed by atoms with Crippen molar-refractivity contribution in [3.63, 3.8) is 0 Å². The van der Waals surface area contributed by atoms with Gasteiger partial charge in [0.15, 0.2) is 0 Å². The van der Waals surface area contributed by atoms with Crippen LogP contribution < -0.4 is 5.32 Å². The maximum absolute atomic E-state index is 3.66. The molecule has 2 fully saturated rings. The van der Waals surface area contributed by atoms with Crippen molar-refractivity contribution < 1.29 is 0 Å². The van der Waals surface area contributed by atoms with Gasteiger partial charge in [-0.05, 0) is 71.9 Å². The van der Waals surface area contributed by atoms with E-state index in [2.05, 4.69) is 29.1 Å². The largest absolute Gasteiger partial charge is 0.314 e.